The number of hydrogen-bond donors (Lipinski definition) is 2. The highest BCUT2D eigenvalue weighted by Crippen LogP contribution is 2.38. The van der Waals surface area contributed by atoms with Gasteiger partial charge in [-0.05, 0) is 73.5 Å². The van der Waals surface area contributed by atoms with Crippen LogP contribution >= 0.6 is 0 Å². The summed E-state index contributed by atoms with van der Waals surface area (Å²) in [5.41, 5.74) is 4.39. The molecular formula is C30H28N4O5S. The summed E-state index contributed by atoms with van der Waals surface area (Å²) in [5.74, 6) is -0.00246. The standard InChI is InChI=1S/C30H28N4O5S/c1-19-15-23(16-20(2)31-19)30(36)34-27(22-11-14-29(39-3)28(35)17-22)18-26(32-34)21-9-12-24(13-10-21)33-40(37,38)25-7-5-4-6-8-25/h4-17,27,33,35H,18H2,1-3H3. The summed E-state index contributed by atoms with van der Waals surface area (Å²) in [5, 5.41) is 16.6. The van der Waals surface area contributed by atoms with Crippen LogP contribution in [0.2, 0.25) is 0 Å². The van der Waals surface area contributed by atoms with Gasteiger partial charge in [-0.3, -0.25) is 14.5 Å². The number of aromatic nitrogens is 1. The number of aromatic hydroxyl groups is 1. The molecule has 9 nitrogen and oxygen atoms in total. The topological polar surface area (TPSA) is 121 Å². The lowest BCUT2D eigenvalue weighted by Gasteiger charge is -2.23. The van der Waals surface area contributed by atoms with Crippen molar-refractivity contribution in [3.8, 4) is 11.5 Å². The van der Waals surface area contributed by atoms with Gasteiger partial charge < -0.3 is 9.84 Å². The molecule has 0 saturated carbocycles. The van der Waals surface area contributed by atoms with Gasteiger partial charge in [-0.2, -0.15) is 5.10 Å². The number of hydrogen-bond acceptors (Lipinski definition) is 7. The average Bonchev–Trinajstić information content (AvgIpc) is 3.38. The van der Waals surface area contributed by atoms with E-state index in [1.807, 2.05) is 13.8 Å². The van der Waals surface area contributed by atoms with E-state index in [1.165, 1.54) is 24.3 Å². The van der Waals surface area contributed by atoms with Crippen molar-refractivity contribution in [1.29, 1.82) is 0 Å². The Morgan fingerprint density at radius 3 is 2.27 bits per heavy atom. The summed E-state index contributed by atoms with van der Waals surface area (Å²) < 4.78 is 33.2. The summed E-state index contributed by atoms with van der Waals surface area (Å²) in [7, 11) is -2.26. The Morgan fingerprint density at radius 2 is 1.65 bits per heavy atom. The van der Waals surface area contributed by atoms with E-state index in [0.29, 0.717) is 34.7 Å². The Balaban J connectivity index is 1.46. The number of carbonyl (C=O) groups excluding carboxylic acids is 1. The third-order valence-corrected chi connectivity index (χ3v) is 7.96. The predicted molar refractivity (Wildman–Crippen MR) is 152 cm³/mol. The molecule has 5 rings (SSSR count). The Kier molecular flexibility index (Phi) is 7.27. The van der Waals surface area contributed by atoms with Gasteiger partial charge in [0.1, 0.15) is 0 Å². The van der Waals surface area contributed by atoms with Crippen LogP contribution in [-0.2, 0) is 10.0 Å². The van der Waals surface area contributed by atoms with Gasteiger partial charge >= 0.3 is 0 Å². The molecule has 2 N–H and O–H groups in total. The summed E-state index contributed by atoms with van der Waals surface area (Å²) in [6, 6.07) is 23.0. The number of hydrazone groups is 1. The lowest BCUT2D eigenvalue weighted by Crippen LogP contribution is -2.27. The van der Waals surface area contributed by atoms with Gasteiger partial charge in [0.2, 0.25) is 0 Å². The summed E-state index contributed by atoms with van der Waals surface area (Å²) in [6.45, 7) is 3.66. The molecule has 2 heterocycles. The van der Waals surface area contributed by atoms with Crippen LogP contribution in [0.5, 0.6) is 11.5 Å². The van der Waals surface area contributed by atoms with E-state index in [0.717, 1.165) is 17.0 Å². The molecule has 1 atom stereocenters. The van der Waals surface area contributed by atoms with E-state index in [2.05, 4.69) is 9.71 Å². The zero-order chi connectivity index (χ0) is 28.4. The molecule has 0 bridgehead atoms. The van der Waals surface area contributed by atoms with Gasteiger partial charge in [0.05, 0.1) is 23.8 Å². The number of phenolic OH excluding ortho intramolecular Hbond substituents is 1. The van der Waals surface area contributed by atoms with Crippen molar-refractivity contribution in [1.82, 2.24) is 9.99 Å². The third kappa shape index (κ3) is 5.52. The molecule has 0 radical (unpaired) electrons. The van der Waals surface area contributed by atoms with Crippen molar-refractivity contribution in [2.24, 2.45) is 5.10 Å². The average molecular weight is 557 g/mol. The van der Waals surface area contributed by atoms with Crippen molar-refractivity contribution in [3.05, 3.63) is 113 Å². The quantitative estimate of drug-likeness (QED) is 0.323. The maximum atomic E-state index is 13.7. The smallest absolute Gasteiger partial charge is 0.274 e. The number of aryl methyl sites for hydroxylation is 2. The fourth-order valence-electron chi connectivity index (χ4n) is 4.68. The monoisotopic (exact) mass is 556 g/mol. The Bertz CT molecular complexity index is 1680. The van der Waals surface area contributed by atoms with Gasteiger partial charge in [0.25, 0.3) is 15.9 Å². The minimum Gasteiger partial charge on any atom is -0.504 e. The maximum Gasteiger partial charge on any atom is 0.274 e. The number of amides is 1. The molecule has 0 spiro atoms. The van der Waals surface area contributed by atoms with Gasteiger partial charge in [-0.15, -0.1) is 0 Å². The number of pyridine rings is 1. The van der Waals surface area contributed by atoms with Gasteiger partial charge in [-0.1, -0.05) is 36.4 Å². The number of carbonyl (C=O) groups is 1. The van der Waals surface area contributed by atoms with Crippen molar-refractivity contribution < 1.29 is 23.1 Å². The Morgan fingerprint density at radius 1 is 0.975 bits per heavy atom. The predicted octanol–water partition coefficient (Wildman–Crippen LogP) is 5.20. The molecule has 1 unspecified atom stereocenters. The first-order valence-electron chi connectivity index (χ1n) is 12.6. The number of benzene rings is 3. The second kappa shape index (κ2) is 10.8. The number of nitrogens with zero attached hydrogens (tertiary/aromatic N) is 3. The number of methoxy groups -OCH3 is 1. The highest BCUT2D eigenvalue weighted by Gasteiger charge is 2.34. The first kappa shape index (κ1) is 26.9. The van der Waals surface area contributed by atoms with Crippen molar-refractivity contribution in [2.45, 2.75) is 31.2 Å². The maximum absolute atomic E-state index is 13.7. The number of sulfonamides is 1. The Hall–Kier alpha value is -4.70. The van der Waals surface area contributed by atoms with Crippen molar-refractivity contribution in [2.75, 3.05) is 11.8 Å². The van der Waals surface area contributed by atoms with Crippen LogP contribution in [0.25, 0.3) is 0 Å². The lowest BCUT2D eigenvalue weighted by atomic mass is 9.97. The van der Waals surface area contributed by atoms with Crippen molar-refractivity contribution in [3.63, 3.8) is 0 Å². The van der Waals surface area contributed by atoms with Gasteiger partial charge in [0.15, 0.2) is 11.5 Å². The zero-order valence-corrected chi connectivity index (χ0v) is 23.0. The highest BCUT2D eigenvalue weighted by molar-refractivity contribution is 7.92. The molecule has 4 aromatic rings. The number of phenols is 1. The molecule has 204 valence electrons. The first-order valence-corrected chi connectivity index (χ1v) is 14.0. The van der Waals surface area contributed by atoms with E-state index >= 15 is 0 Å². The number of rotatable bonds is 7. The Labute approximate surface area is 232 Å². The minimum absolute atomic E-state index is 0.0356. The van der Waals surface area contributed by atoms with E-state index in [9.17, 15) is 18.3 Å². The molecule has 1 aromatic heterocycles. The van der Waals surface area contributed by atoms with E-state index < -0.39 is 16.1 Å². The lowest BCUT2D eigenvalue weighted by molar-refractivity contribution is 0.0710. The molecule has 40 heavy (non-hydrogen) atoms. The van der Waals surface area contributed by atoms with Gasteiger partial charge in [-0.25, -0.2) is 13.4 Å². The van der Waals surface area contributed by atoms with Crippen LogP contribution in [0, 0.1) is 13.8 Å². The summed E-state index contributed by atoms with van der Waals surface area (Å²) in [4.78, 5) is 18.2. The molecular weight excluding hydrogens is 528 g/mol. The number of ether oxygens (including phenoxy) is 1. The normalized spacial score (nSPS) is 15.0. The molecule has 1 aliphatic heterocycles. The molecule has 1 aliphatic rings. The van der Waals surface area contributed by atoms with E-state index in [1.54, 1.807) is 72.8 Å². The third-order valence-electron chi connectivity index (χ3n) is 6.56. The van der Waals surface area contributed by atoms with E-state index in [-0.39, 0.29) is 16.6 Å². The second-order valence-corrected chi connectivity index (χ2v) is 11.2. The molecule has 1 amide bonds. The largest absolute Gasteiger partial charge is 0.504 e. The minimum atomic E-state index is -3.73. The van der Waals surface area contributed by atoms with Crippen LogP contribution in [0.1, 0.15) is 45.3 Å². The van der Waals surface area contributed by atoms with Crippen LogP contribution in [0.4, 0.5) is 5.69 Å². The number of nitrogens with one attached hydrogen (secondary N) is 1. The molecule has 0 saturated heterocycles. The zero-order valence-electron chi connectivity index (χ0n) is 22.2. The number of anilines is 1. The SMILES string of the molecule is COc1ccc(C2CC(c3ccc(NS(=O)(=O)c4ccccc4)cc3)=NN2C(=O)c2cc(C)nc(C)c2)cc1O. The van der Waals surface area contributed by atoms with Crippen LogP contribution < -0.4 is 9.46 Å². The van der Waals surface area contributed by atoms with Crippen LogP contribution in [0.15, 0.2) is 94.9 Å². The fourth-order valence-corrected chi connectivity index (χ4v) is 5.76. The first-order chi connectivity index (χ1) is 19.1. The molecule has 0 fully saturated rings. The van der Waals surface area contributed by atoms with E-state index in [4.69, 9.17) is 9.84 Å². The second-order valence-electron chi connectivity index (χ2n) is 9.48. The molecule has 10 heteroatoms. The molecule has 3 aromatic carbocycles. The fraction of sp³-hybridized carbons (Fsp3) is 0.167. The molecule has 0 aliphatic carbocycles. The highest BCUT2D eigenvalue weighted by atomic mass is 32.2. The van der Waals surface area contributed by atoms with Gasteiger partial charge in [0, 0.05) is 29.1 Å². The summed E-state index contributed by atoms with van der Waals surface area (Å²) >= 11 is 0. The van der Waals surface area contributed by atoms with Crippen LogP contribution in [0.3, 0.4) is 0 Å². The summed E-state index contributed by atoms with van der Waals surface area (Å²) in [6.07, 6.45) is 0.385. The van der Waals surface area contributed by atoms with Crippen molar-refractivity contribution >= 4 is 27.3 Å². The van der Waals surface area contributed by atoms with Crippen LogP contribution in [-0.4, -0.2) is 42.2 Å².